The van der Waals surface area contributed by atoms with Crippen LogP contribution in [0.25, 0.3) is 0 Å². The van der Waals surface area contributed by atoms with E-state index in [9.17, 15) is 23.6 Å². The van der Waals surface area contributed by atoms with Gasteiger partial charge in [-0.2, -0.15) is 0 Å². The maximum absolute atomic E-state index is 14.6. The number of carbonyl (C=O) groups is 4. The molecule has 5 N–H and O–H groups in total. The summed E-state index contributed by atoms with van der Waals surface area (Å²) >= 11 is 0. The van der Waals surface area contributed by atoms with E-state index in [1.807, 2.05) is 12.1 Å². The Morgan fingerprint density at radius 1 is 0.978 bits per heavy atom. The fourth-order valence-electron chi connectivity index (χ4n) is 5.81. The van der Waals surface area contributed by atoms with Gasteiger partial charge in [0.05, 0.1) is 31.6 Å². The van der Waals surface area contributed by atoms with E-state index in [-0.39, 0.29) is 17.8 Å². The van der Waals surface area contributed by atoms with Crippen LogP contribution in [-0.4, -0.2) is 81.0 Å². The molecule has 2 aliphatic rings. The summed E-state index contributed by atoms with van der Waals surface area (Å²) < 4.78 is 26.3. The molecule has 4 rings (SSSR count). The molecule has 1 saturated carbocycles. The van der Waals surface area contributed by atoms with Gasteiger partial charge in [-0.3, -0.25) is 19.3 Å². The fraction of sp³-hybridized carbons (Fsp3) is 0.500. The van der Waals surface area contributed by atoms with E-state index in [0.717, 1.165) is 49.5 Å². The van der Waals surface area contributed by atoms with E-state index in [1.165, 1.54) is 25.8 Å². The Morgan fingerprint density at radius 2 is 1.58 bits per heavy atom. The predicted octanol–water partition coefficient (Wildman–Crippen LogP) is 3.53. The predicted molar refractivity (Wildman–Crippen MR) is 159 cm³/mol. The van der Waals surface area contributed by atoms with E-state index in [4.69, 9.17) is 29.9 Å². The number of piperidine rings is 1. The second-order valence-corrected chi connectivity index (χ2v) is 11.5. The smallest absolute Gasteiger partial charge is 0.336 e. The number of carboxylic acids is 3. The Morgan fingerprint density at radius 3 is 2.09 bits per heavy atom. The summed E-state index contributed by atoms with van der Waals surface area (Å²) in [5.41, 5.74) is -1.68. The van der Waals surface area contributed by atoms with Gasteiger partial charge in [0.1, 0.15) is 5.82 Å². The lowest BCUT2D eigenvalue weighted by molar-refractivity contribution is -0.170. The molecule has 45 heavy (non-hydrogen) atoms. The molecule has 2 fully saturated rings. The van der Waals surface area contributed by atoms with Crippen molar-refractivity contribution in [3.63, 3.8) is 0 Å². The van der Waals surface area contributed by atoms with Crippen molar-refractivity contribution in [2.24, 2.45) is 0 Å². The molecule has 2 aromatic rings. The molecule has 0 atom stereocenters. The van der Waals surface area contributed by atoms with Crippen LogP contribution in [0.5, 0.6) is 11.5 Å². The van der Waals surface area contributed by atoms with Crippen molar-refractivity contribution in [2.75, 3.05) is 20.2 Å². The monoisotopic (exact) mass is 632 g/mol. The molecule has 0 spiro atoms. The third-order valence-corrected chi connectivity index (χ3v) is 8.03. The summed E-state index contributed by atoms with van der Waals surface area (Å²) in [6, 6.07) is 12.9. The Balaban J connectivity index is 0.000000360. The Hall–Kier alpha value is -4.23. The van der Waals surface area contributed by atoms with Gasteiger partial charge in [-0.05, 0) is 62.3 Å². The molecule has 0 bridgehead atoms. The van der Waals surface area contributed by atoms with Crippen molar-refractivity contribution >= 4 is 23.8 Å². The van der Waals surface area contributed by atoms with Crippen LogP contribution in [0.3, 0.4) is 0 Å². The third kappa shape index (κ3) is 9.88. The second kappa shape index (κ2) is 15.7. The number of methoxy groups -OCH3 is 1. The molecule has 12 nitrogen and oxygen atoms in total. The average Bonchev–Trinajstić information content (AvgIpc) is 3.47. The average molecular weight is 633 g/mol. The van der Waals surface area contributed by atoms with Gasteiger partial charge in [-0.1, -0.05) is 24.3 Å². The zero-order valence-corrected chi connectivity index (χ0v) is 25.5. The van der Waals surface area contributed by atoms with Crippen LogP contribution in [-0.2, 0) is 31.3 Å². The number of halogens is 1. The maximum Gasteiger partial charge on any atom is 0.336 e. The third-order valence-electron chi connectivity index (χ3n) is 8.03. The highest BCUT2D eigenvalue weighted by molar-refractivity contribution is 5.88. The van der Waals surface area contributed by atoms with Crippen molar-refractivity contribution in [3.8, 4) is 11.5 Å². The van der Waals surface area contributed by atoms with E-state index < -0.39 is 41.9 Å². The number of nitrogens with one attached hydrogen (secondary N) is 1. The number of hydrogen-bond donors (Lipinski definition) is 5. The van der Waals surface area contributed by atoms with Crippen LogP contribution in [0, 0.1) is 5.82 Å². The number of rotatable bonds is 12. The Kier molecular flexibility index (Phi) is 12.3. The van der Waals surface area contributed by atoms with E-state index in [1.54, 1.807) is 19.2 Å². The highest BCUT2D eigenvalue weighted by Gasteiger charge is 2.41. The lowest BCUT2D eigenvalue weighted by atomic mass is 9.80. The van der Waals surface area contributed by atoms with E-state index in [0.29, 0.717) is 18.4 Å². The van der Waals surface area contributed by atoms with Gasteiger partial charge in [0.2, 0.25) is 5.91 Å². The minimum Gasteiger partial charge on any atom is -0.493 e. The van der Waals surface area contributed by atoms with Gasteiger partial charge in [0.15, 0.2) is 17.1 Å². The SMILES string of the molecule is COc1cc(CN2CCC(NC(C)=O)(c3ccccc3F)CC2)ccc1OC1CCCC1.O=C(O)CC(O)(CC(=O)O)C(=O)O. The van der Waals surface area contributed by atoms with Crippen LogP contribution >= 0.6 is 0 Å². The van der Waals surface area contributed by atoms with Crippen LogP contribution in [0.1, 0.15) is 69.4 Å². The lowest BCUT2D eigenvalue weighted by Gasteiger charge is -2.42. The van der Waals surface area contributed by atoms with Gasteiger partial charge in [0.25, 0.3) is 0 Å². The molecule has 1 amide bonds. The first-order valence-corrected chi connectivity index (χ1v) is 14.8. The molecule has 1 heterocycles. The summed E-state index contributed by atoms with van der Waals surface area (Å²) in [5, 5.41) is 36.9. The summed E-state index contributed by atoms with van der Waals surface area (Å²) in [6.07, 6.45) is 3.99. The number of ether oxygens (including phenoxy) is 2. The molecule has 1 aliphatic carbocycles. The second-order valence-electron chi connectivity index (χ2n) is 11.5. The maximum atomic E-state index is 14.6. The topological polar surface area (TPSA) is 183 Å². The Labute approximate surface area is 260 Å². The number of aliphatic hydroxyl groups is 1. The largest absolute Gasteiger partial charge is 0.493 e. The summed E-state index contributed by atoms with van der Waals surface area (Å²) in [4.78, 5) is 44.8. The molecular formula is C32H41FN2O10. The molecule has 1 saturated heterocycles. The zero-order valence-electron chi connectivity index (χ0n) is 25.5. The molecule has 0 aromatic heterocycles. The van der Waals surface area contributed by atoms with Crippen molar-refractivity contribution in [3.05, 3.63) is 59.4 Å². The number of aliphatic carboxylic acids is 3. The molecule has 246 valence electrons. The number of carboxylic acid groups (broad SMARTS) is 3. The van der Waals surface area contributed by atoms with Crippen LogP contribution in [0.15, 0.2) is 42.5 Å². The first kappa shape index (κ1) is 35.3. The first-order valence-electron chi connectivity index (χ1n) is 14.8. The number of carbonyl (C=O) groups excluding carboxylic acids is 1. The fourth-order valence-corrected chi connectivity index (χ4v) is 5.81. The molecule has 13 heteroatoms. The molecule has 0 unspecified atom stereocenters. The minimum atomic E-state index is -2.74. The van der Waals surface area contributed by atoms with Gasteiger partial charge in [-0.15, -0.1) is 0 Å². The summed E-state index contributed by atoms with van der Waals surface area (Å²) in [6.45, 7) is 3.79. The molecular weight excluding hydrogens is 591 g/mol. The van der Waals surface area contributed by atoms with Crippen LogP contribution < -0.4 is 14.8 Å². The zero-order chi connectivity index (χ0) is 33.2. The van der Waals surface area contributed by atoms with E-state index in [2.05, 4.69) is 22.3 Å². The van der Waals surface area contributed by atoms with Crippen molar-refractivity contribution in [1.29, 1.82) is 0 Å². The quantitative estimate of drug-likeness (QED) is 0.231. The number of likely N-dealkylation sites (tertiary alicyclic amines) is 1. The van der Waals surface area contributed by atoms with E-state index >= 15 is 0 Å². The van der Waals surface area contributed by atoms with Gasteiger partial charge < -0.3 is 35.2 Å². The van der Waals surface area contributed by atoms with Gasteiger partial charge >= 0.3 is 17.9 Å². The molecule has 2 aromatic carbocycles. The number of benzene rings is 2. The summed E-state index contributed by atoms with van der Waals surface area (Å²) in [5.74, 6) is -3.84. The van der Waals surface area contributed by atoms with Crippen molar-refractivity contribution in [1.82, 2.24) is 10.2 Å². The van der Waals surface area contributed by atoms with Crippen molar-refractivity contribution in [2.45, 2.75) is 82.1 Å². The van der Waals surface area contributed by atoms with Gasteiger partial charge in [-0.25, -0.2) is 9.18 Å². The standard InChI is InChI=1S/C26H33FN2O3.C6H8O7/c1-19(30)28-26(22-9-5-6-10-23(22)27)13-15-29(16-14-26)18-20-11-12-24(25(17-20)31-2)32-21-7-3-4-8-21;7-3(8)1-6(13,5(11)12)2-4(9)10/h5-6,9-12,17,21H,3-4,7-8,13-16,18H2,1-2H3,(H,28,30);13H,1-2H2,(H,7,8)(H,9,10)(H,11,12). The minimum absolute atomic E-state index is 0.135. The van der Waals surface area contributed by atoms with Gasteiger partial charge in [0, 0.05) is 32.1 Å². The molecule has 1 aliphatic heterocycles. The normalized spacial score (nSPS) is 16.6. The number of hydrogen-bond acceptors (Lipinski definition) is 8. The Bertz CT molecular complexity index is 1340. The molecule has 0 radical (unpaired) electrons. The van der Waals surface area contributed by atoms with Crippen molar-refractivity contribution < 1.29 is 53.5 Å². The highest BCUT2D eigenvalue weighted by Crippen LogP contribution is 2.36. The van der Waals surface area contributed by atoms with Crippen LogP contribution in [0.4, 0.5) is 4.39 Å². The number of amides is 1. The first-order chi connectivity index (χ1) is 21.3. The van der Waals surface area contributed by atoms with Crippen LogP contribution in [0.2, 0.25) is 0 Å². The highest BCUT2D eigenvalue weighted by atomic mass is 19.1. The summed E-state index contributed by atoms with van der Waals surface area (Å²) in [7, 11) is 1.68. The number of nitrogens with zero attached hydrogens (tertiary/aromatic N) is 1. The lowest BCUT2D eigenvalue weighted by Crippen LogP contribution is -2.52.